The Morgan fingerprint density at radius 2 is 1.96 bits per heavy atom. The third-order valence-electron chi connectivity index (χ3n) is 4.47. The van der Waals surface area contributed by atoms with Crippen molar-refractivity contribution >= 4 is 44.5 Å². The Kier molecular flexibility index (Phi) is 4.70. The topological polar surface area (TPSA) is 98.8 Å². The fourth-order valence-corrected chi connectivity index (χ4v) is 3.30. The van der Waals surface area contributed by atoms with Crippen LogP contribution in [-0.4, -0.2) is 50.2 Å². The van der Waals surface area contributed by atoms with Gasteiger partial charge >= 0.3 is 6.03 Å². The average molecular weight is 416 g/mol. The molecule has 0 aliphatic carbocycles. The SMILES string of the molecule is O=C(Nc1ccc(Br)cc1)N1CCC(Nc2ncnc3[nH]ncc23)CC1. The minimum atomic E-state index is -0.0648. The van der Waals surface area contributed by atoms with Crippen molar-refractivity contribution < 1.29 is 4.79 Å². The number of nitrogens with one attached hydrogen (secondary N) is 3. The molecule has 3 heterocycles. The summed E-state index contributed by atoms with van der Waals surface area (Å²) >= 11 is 3.39. The molecule has 0 spiro atoms. The second-order valence-corrected chi connectivity index (χ2v) is 7.11. The Balaban J connectivity index is 1.33. The number of piperidine rings is 1. The smallest absolute Gasteiger partial charge is 0.321 e. The van der Waals surface area contributed by atoms with Gasteiger partial charge in [0.05, 0.1) is 11.6 Å². The molecule has 0 bridgehead atoms. The number of rotatable bonds is 3. The van der Waals surface area contributed by atoms with Gasteiger partial charge in [-0.25, -0.2) is 14.8 Å². The molecule has 134 valence electrons. The van der Waals surface area contributed by atoms with E-state index in [9.17, 15) is 4.79 Å². The normalized spacial score (nSPS) is 15.2. The van der Waals surface area contributed by atoms with Gasteiger partial charge in [0.1, 0.15) is 12.1 Å². The largest absolute Gasteiger partial charge is 0.366 e. The zero-order chi connectivity index (χ0) is 17.9. The predicted molar refractivity (Wildman–Crippen MR) is 103 cm³/mol. The van der Waals surface area contributed by atoms with E-state index in [0.29, 0.717) is 18.7 Å². The number of amides is 2. The van der Waals surface area contributed by atoms with Crippen LogP contribution >= 0.6 is 15.9 Å². The number of anilines is 2. The fourth-order valence-electron chi connectivity index (χ4n) is 3.04. The molecule has 3 N–H and O–H groups in total. The molecule has 1 aromatic carbocycles. The number of carbonyl (C=O) groups excluding carboxylic acids is 1. The Morgan fingerprint density at radius 3 is 2.73 bits per heavy atom. The summed E-state index contributed by atoms with van der Waals surface area (Å²) in [6.45, 7) is 1.39. The lowest BCUT2D eigenvalue weighted by molar-refractivity contribution is 0.197. The van der Waals surface area contributed by atoms with E-state index >= 15 is 0 Å². The molecule has 3 aromatic rings. The van der Waals surface area contributed by atoms with Crippen LogP contribution in [0.5, 0.6) is 0 Å². The molecule has 0 unspecified atom stereocenters. The van der Waals surface area contributed by atoms with Gasteiger partial charge in [0, 0.05) is 29.3 Å². The van der Waals surface area contributed by atoms with Gasteiger partial charge in [-0.2, -0.15) is 5.10 Å². The number of H-pyrrole nitrogens is 1. The molecule has 4 rings (SSSR count). The monoisotopic (exact) mass is 415 g/mol. The quantitative estimate of drug-likeness (QED) is 0.609. The molecule has 2 aromatic heterocycles. The van der Waals surface area contributed by atoms with Gasteiger partial charge < -0.3 is 15.5 Å². The minimum Gasteiger partial charge on any atom is -0.366 e. The maximum Gasteiger partial charge on any atom is 0.321 e. The van der Waals surface area contributed by atoms with Crippen LogP contribution in [0.15, 0.2) is 41.3 Å². The van der Waals surface area contributed by atoms with Crippen molar-refractivity contribution in [3.8, 4) is 0 Å². The van der Waals surface area contributed by atoms with E-state index < -0.39 is 0 Å². The number of fused-ring (bicyclic) bond motifs is 1. The van der Waals surface area contributed by atoms with E-state index in [2.05, 4.69) is 46.7 Å². The van der Waals surface area contributed by atoms with Crippen LogP contribution in [0.25, 0.3) is 11.0 Å². The lowest BCUT2D eigenvalue weighted by Gasteiger charge is -2.32. The maximum absolute atomic E-state index is 12.4. The molecule has 0 atom stereocenters. The zero-order valence-corrected chi connectivity index (χ0v) is 15.5. The summed E-state index contributed by atoms with van der Waals surface area (Å²) in [5.74, 6) is 0.779. The number of aromatic amines is 1. The molecule has 9 heteroatoms. The second kappa shape index (κ2) is 7.28. The Morgan fingerprint density at radius 1 is 1.19 bits per heavy atom. The first-order chi connectivity index (χ1) is 12.7. The highest BCUT2D eigenvalue weighted by Gasteiger charge is 2.23. The van der Waals surface area contributed by atoms with Gasteiger partial charge in [-0.3, -0.25) is 5.10 Å². The highest BCUT2D eigenvalue weighted by molar-refractivity contribution is 9.10. The molecule has 8 nitrogen and oxygen atoms in total. The minimum absolute atomic E-state index is 0.0648. The Labute approximate surface area is 158 Å². The van der Waals surface area contributed by atoms with Crippen LogP contribution in [-0.2, 0) is 0 Å². The molecule has 1 aliphatic rings. The summed E-state index contributed by atoms with van der Waals surface area (Å²) in [6.07, 6.45) is 4.95. The first kappa shape index (κ1) is 16.8. The van der Waals surface area contributed by atoms with Crippen LogP contribution in [0.1, 0.15) is 12.8 Å². The molecule has 1 fully saturated rings. The lowest BCUT2D eigenvalue weighted by atomic mass is 10.1. The van der Waals surface area contributed by atoms with E-state index in [1.807, 2.05) is 29.2 Å². The molecule has 2 amide bonds. The number of hydrogen-bond donors (Lipinski definition) is 3. The van der Waals surface area contributed by atoms with Crippen molar-refractivity contribution in [1.82, 2.24) is 25.1 Å². The summed E-state index contributed by atoms with van der Waals surface area (Å²) in [5.41, 5.74) is 1.51. The number of likely N-dealkylation sites (tertiary alicyclic amines) is 1. The number of carbonyl (C=O) groups is 1. The van der Waals surface area contributed by atoms with Crippen molar-refractivity contribution in [1.29, 1.82) is 0 Å². The Bertz CT molecular complexity index is 903. The molecule has 26 heavy (non-hydrogen) atoms. The summed E-state index contributed by atoms with van der Waals surface area (Å²) in [6, 6.07) is 7.77. The van der Waals surface area contributed by atoms with Crippen molar-refractivity contribution in [2.45, 2.75) is 18.9 Å². The number of nitrogens with zero attached hydrogens (tertiary/aromatic N) is 4. The summed E-state index contributed by atoms with van der Waals surface area (Å²) in [5, 5.41) is 14.1. The molecular weight excluding hydrogens is 398 g/mol. The molecule has 1 saturated heterocycles. The lowest BCUT2D eigenvalue weighted by Crippen LogP contribution is -2.44. The highest BCUT2D eigenvalue weighted by atomic mass is 79.9. The van der Waals surface area contributed by atoms with Crippen molar-refractivity contribution in [3.63, 3.8) is 0 Å². The third kappa shape index (κ3) is 3.62. The zero-order valence-electron chi connectivity index (χ0n) is 13.9. The van der Waals surface area contributed by atoms with Gasteiger partial charge in [0.15, 0.2) is 5.65 Å². The van der Waals surface area contributed by atoms with Crippen molar-refractivity contribution in [2.75, 3.05) is 23.7 Å². The molecule has 1 aliphatic heterocycles. The van der Waals surface area contributed by atoms with Gasteiger partial charge in [0.25, 0.3) is 0 Å². The summed E-state index contributed by atoms with van der Waals surface area (Å²) in [7, 11) is 0. The van der Waals surface area contributed by atoms with Crippen molar-refractivity contribution in [3.05, 3.63) is 41.3 Å². The van der Waals surface area contributed by atoms with E-state index in [1.54, 1.807) is 6.20 Å². The number of benzene rings is 1. The number of hydrogen-bond acceptors (Lipinski definition) is 5. The summed E-state index contributed by atoms with van der Waals surface area (Å²) < 4.78 is 0.985. The van der Waals surface area contributed by atoms with E-state index in [1.165, 1.54) is 6.33 Å². The fraction of sp³-hybridized carbons (Fsp3) is 0.294. The third-order valence-corrected chi connectivity index (χ3v) is 5.00. The Hall–Kier alpha value is -2.68. The highest BCUT2D eigenvalue weighted by Crippen LogP contribution is 2.21. The first-order valence-corrected chi connectivity index (χ1v) is 9.20. The predicted octanol–water partition coefficient (Wildman–Crippen LogP) is 3.22. The molecule has 0 radical (unpaired) electrons. The van der Waals surface area contributed by atoms with E-state index in [4.69, 9.17) is 0 Å². The first-order valence-electron chi connectivity index (χ1n) is 8.41. The maximum atomic E-state index is 12.4. The van der Waals surface area contributed by atoms with Crippen LogP contribution in [0, 0.1) is 0 Å². The van der Waals surface area contributed by atoms with Gasteiger partial charge in [-0.1, -0.05) is 15.9 Å². The number of urea groups is 1. The molecule has 0 saturated carbocycles. The van der Waals surface area contributed by atoms with Gasteiger partial charge in [-0.05, 0) is 37.1 Å². The van der Waals surface area contributed by atoms with Crippen LogP contribution < -0.4 is 10.6 Å². The van der Waals surface area contributed by atoms with Gasteiger partial charge in [0.2, 0.25) is 0 Å². The van der Waals surface area contributed by atoms with E-state index in [0.717, 1.165) is 34.2 Å². The second-order valence-electron chi connectivity index (χ2n) is 6.20. The van der Waals surface area contributed by atoms with Crippen molar-refractivity contribution in [2.24, 2.45) is 0 Å². The number of halogens is 1. The standard InChI is InChI=1S/C17H18BrN7O/c18-11-1-3-12(4-2-11)23-17(26)25-7-5-13(6-8-25)22-15-14-9-21-24-16(14)20-10-19-15/h1-4,9-10,13H,5-8H2,(H,23,26)(H2,19,20,21,22,24). The van der Waals surface area contributed by atoms with Gasteiger partial charge in [-0.15, -0.1) is 0 Å². The van der Waals surface area contributed by atoms with E-state index in [-0.39, 0.29) is 12.1 Å². The summed E-state index contributed by atoms with van der Waals surface area (Å²) in [4.78, 5) is 22.7. The van der Waals surface area contributed by atoms with Crippen LogP contribution in [0.4, 0.5) is 16.3 Å². The average Bonchev–Trinajstić information content (AvgIpc) is 3.14. The molecular formula is C17H18BrN7O. The van der Waals surface area contributed by atoms with Crippen LogP contribution in [0.2, 0.25) is 0 Å². The van der Waals surface area contributed by atoms with Crippen LogP contribution in [0.3, 0.4) is 0 Å². The number of aromatic nitrogens is 4.